The summed E-state index contributed by atoms with van der Waals surface area (Å²) in [6, 6.07) is 10.2. The van der Waals surface area contributed by atoms with Gasteiger partial charge in [0.1, 0.15) is 24.1 Å². The van der Waals surface area contributed by atoms with E-state index in [1.165, 1.54) is 37.5 Å². The molecule has 1 amide bonds. The summed E-state index contributed by atoms with van der Waals surface area (Å²) in [4.78, 5) is 12.3. The molecule has 0 spiro atoms. The van der Waals surface area contributed by atoms with Gasteiger partial charge in [0, 0.05) is 5.69 Å². The maximum absolute atomic E-state index is 12.9. The molecule has 2 rings (SSSR count). The molecule has 0 bridgehead atoms. The highest BCUT2D eigenvalue weighted by atomic mass is 35.5. The van der Waals surface area contributed by atoms with Gasteiger partial charge in [-0.15, -0.1) is 0 Å². The Hall–Kier alpha value is -3.30. The second-order valence-corrected chi connectivity index (χ2v) is 5.67. The first kappa shape index (κ1) is 20.0. The summed E-state index contributed by atoms with van der Waals surface area (Å²) in [6.07, 6.45) is 2.93. The van der Waals surface area contributed by atoms with Crippen LogP contribution >= 0.6 is 11.6 Å². The molecule has 7 heteroatoms. The maximum atomic E-state index is 12.9. The van der Waals surface area contributed by atoms with Gasteiger partial charge in [-0.25, -0.2) is 4.39 Å². The molecule has 0 fully saturated rings. The summed E-state index contributed by atoms with van der Waals surface area (Å²) in [7, 11) is 1.45. The van der Waals surface area contributed by atoms with E-state index in [1.807, 2.05) is 6.07 Å². The number of nitrogens with zero attached hydrogens (tertiary/aromatic N) is 1. The molecule has 0 radical (unpaired) electrons. The van der Waals surface area contributed by atoms with Crippen LogP contribution in [0, 0.1) is 17.1 Å². The molecule has 0 saturated carbocycles. The number of anilines is 1. The zero-order valence-electron chi connectivity index (χ0n) is 14.5. The molecule has 1 N–H and O–H groups in total. The maximum Gasteiger partial charge on any atom is 0.266 e. The first-order valence-corrected chi connectivity index (χ1v) is 8.16. The SMILES string of the molecule is C=CCOc1c(Cl)cc(/C=C(\C#N)C(=O)Nc2ccc(F)cc2)cc1OC. The molecule has 0 aliphatic carbocycles. The molecule has 5 nitrogen and oxygen atoms in total. The van der Waals surface area contributed by atoms with Gasteiger partial charge >= 0.3 is 0 Å². The fourth-order valence-electron chi connectivity index (χ4n) is 2.15. The van der Waals surface area contributed by atoms with Crippen molar-refractivity contribution in [2.45, 2.75) is 0 Å². The lowest BCUT2D eigenvalue weighted by Gasteiger charge is -2.12. The zero-order chi connectivity index (χ0) is 19.8. The van der Waals surface area contributed by atoms with Crippen molar-refractivity contribution >= 4 is 29.3 Å². The molecular weight excluding hydrogens is 371 g/mol. The quantitative estimate of drug-likeness (QED) is 0.429. The van der Waals surface area contributed by atoms with Crippen LogP contribution in [0.1, 0.15) is 5.56 Å². The minimum atomic E-state index is -0.633. The number of carbonyl (C=O) groups excluding carboxylic acids is 1. The van der Waals surface area contributed by atoms with Crippen LogP contribution in [-0.2, 0) is 4.79 Å². The molecule has 0 atom stereocenters. The zero-order valence-corrected chi connectivity index (χ0v) is 15.2. The van der Waals surface area contributed by atoms with Gasteiger partial charge in [0.15, 0.2) is 11.5 Å². The summed E-state index contributed by atoms with van der Waals surface area (Å²) < 4.78 is 23.7. The number of halogens is 2. The summed E-state index contributed by atoms with van der Waals surface area (Å²) in [5.41, 5.74) is 0.692. The monoisotopic (exact) mass is 386 g/mol. The molecule has 0 aromatic heterocycles. The molecule has 138 valence electrons. The molecule has 0 aliphatic rings. The van der Waals surface area contributed by atoms with Crippen LogP contribution in [0.2, 0.25) is 5.02 Å². The Bertz CT molecular complexity index is 918. The predicted octanol–water partition coefficient (Wildman–Crippen LogP) is 4.60. The fourth-order valence-corrected chi connectivity index (χ4v) is 2.43. The van der Waals surface area contributed by atoms with Crippen LogP contribution in [0.5, 0.6) is 11.5 Å². The van der Waals surface area contributed by atoms with Crippen molar-refractivity contribution in [3.8, 4) is 17.6 Å². The molecule has 2 aromatic rings. The second kappa shape index (κ2) is 9.41. The van der Waals surface area contributed by atoms with Crippen molar-refractivity contribution in [3.63, 3.8) is 0 Å². The minimum Gasteiger partial charge on any atom is -0.493 e. The van der Waals surface area contributed by atoms with Gasteiger partial charge in [-0.05, 0) is 48.0 Å². The van der Waals surface area contributed by atoms with E-state index in [4.69, 9.17) is 21.1 Å². The Balaban J connectivity index is 2.29. The van der Waals surface area contributed by atoms with Gasteiger partial charge in [-0.1, -0.05) is 24.3 Å². The van der Waals surface area contributed by atoms with Crippen molar-refractivity contribution in [1.29, 1.82) is 5.26 Å². The second-order valence-electron chi connectivity index (χ2n) is 5.26. The Morgan fingerprint density at radius 2 is 2.07 bits per heavy atom. The van der Waals surface area contributed by atoms with Gasteiger partial charge < -0.3 is 14.8 Å². The fraction of sp³-hybridized carbons (Fsp3) is 0.100. The number of hydrogen-bond acceptors (Lipinski definition) is 4. The number of carbonyl (C=O) groups is 1. The predicted molar refractivity (Wildman–Crippen MR) is 102 cm³/mol. The van der Waals surface area contributed by atoms with Gasteiger partial charge in [-0.3, -0.25) is 4.79 Å². The summed E-state index contributed by atoms with van der Waals surface area (Å²) in [5, 5.41) is 12.1. The first-order valence-electron chi connectivity index (χ1n) is 7.78. The third kappa shape index (κ3) is 5.33. The van der Waals surface area contributed by atoms with E-state index in [9.17, 15) is 14.4 Å². The van der Waals surface area contributed by atoms with E-state index in [0.29, 0.717) is 22.7 Å². The van der Waals surface area contributed by atoms with Gasteiger partial charge in [0.05, 0.1) is 12.1 Å². The lowest BCUT2D eigenvalue weighted by atomic mass is 10.1. The van der Waals surface area contributed by atoms with Gasteiger partial charge in [-0.2, -0.15) is 5.26 Å². The Morgan fingerprint density at radius 1 is 1.37 bits per heavy atom. The third-order valence-electron chi connectivity index (χ3n) is 3.38. The van der Waals surface area contributed by atoms with Crippen LogP contribution in [0.15, 0.2) is 54.6 Å². The number of amides is 1. The average molecular weight is 387 g/mol. The van der Waals surface area contributed by atoms with Crippen molar-refractivity contribution in [3.05, 3.63) is 71.0 Å². The lowest BCUT2D eigenvalue weighted by molar-refractivity contribution is -0.112. The van der Waals surface area contributed by atoms with Crippen LogP contribution in [0.3, 0.4) is 0 Å². The molecular formula is C20H16ClFN2O3. The molecule has 27 heavy (non-hydrogen) atoms. The first-order chi connectivity index (χ1) is 13.0. The van der Waals surface area contributed by atoms with Crippen LogP contribution in [0.25, 0.3) is 6.08 Å². The van der Waals surface area contributed by atoms with E-state index in [1.54, 1.807) is 18.2 Å². The number of nitriles is 1. The highest BCUT2D eigenvalue weighted by Crippen LogP contribution is 2.37. The highest BCUT2D eigenvalue weighted by molar-refractivity contribution is 6.32. The number of nitrogens with one attached hydrogen (secondary N) is 1. The topological polar surface area (TPSA) is 71.3 Å². The Morgan fingerprint density at radius 3 is 2.67 bits per heavy atom. The smallest absolute Gasteiger partial charge is 0.266 e. The van der Waals surface area contributed by atoms with Gasteiger partial charge in [0.2, 0.25) is 0 Å². The van der Waals surface area contributed by atoms with Crippen LogP contribution < -0.4 is 14.8 Å². The van der Waals surface area contributed by atoms with Crippen LogP contribution in [-0.4, -0.2) is 19.6 Å². The normalized spacial score (nSPS) is 10.7. The number of hydrogen-bond donors (Lipinski definition) is 1. The lowest BCUT2D eigenvalue weighted by Crippen LogP contribution is -2.13. The molecule has 0 saturated heterocycles. The summed E-state index contributed by atoms with van der Waals surface area (Å²) >= 11 is 6.21. The summed E-state index contributed by atoms with van der Waals surface area (Å²) in [6.45, 7) is 3.81. The summed E-state index contributed by atoms with van der Waals surface area (Å²) in [5.74, 6) is -0.368. The molecule has 0 unspecified atom stereocenters. The number of ether oxygens (including phenoxy) is 2. The molecule has 0 heterocycles. The van der Waals surface area contributed by atoms with E-state index in [2.05, 4.69) is 11.9 Å². The third-order valence-corrected chi connectivity index (χ3v) is 3.66. The van der Waals surface area contributed by atoms with E-state index < -0.39 is 11.7 Å². The number of benzene rings is 2. The molecule has 2 aromatic carbocycles. The van der Waals surface area contributed by atoms with Crippen LogP contribution in [0.4, 0.5) is 10.1 Å². The standard InChI is InChI=1S/C20H16ClFN2O3/c1-3-8-27-19-17(21)10-13(11-18(19)26-2)9-14(12-23)20(25)24-16-6-4-15(22)5-7-16/h3-7,9-11H,1,8H2,2H3,(H,24,25)/b14-9+. The van der Waals surface area contributed by atoms with Crippen molar-refractivity contribution < 1.29 is 18.7 Å². The number of methoxy groups -OCH3 is 1. The largest absolute Gasteiger partial charge is 0.493 e. The van der Waals surface area contributed by atoms with Crippen molar-refractivity contribution in [1.82, 2.24) is 0 Å². The van der Waals surface area contributed by atoms with Crippen molar-refractivity contribution in [2.24, 2.45) is 0 Å². The van der Waals surface area contributed by atoms with E-state index >= 15 is 0 Å². The number of rotatable bonds is 7. The van der Waals surface area contributed by atoms with Gasteiger partial charge in [0.25, 0.3) is 5.91 Å². The van der Waals surface area contributed by atoms with E-state index in [-0.39, 0.29) is 17.2 Å². The van der Waals surface area contributed by atoms with E-state index in [0.717, 1.165) is 0 Å². The Kier molecular flexibility index (Phi) is 6.98. The Labute approximate surface area is 161 Å². The minimum absolute atomic E-state index is 0.155. The average Bonchev–Trinajstić information content (AvgIpc) is 2.66. The highest BCUT2D eigenvalue weighted by Gasteiger charge is 2.14. The van der Waals surface area contributed by atoms with Crippen molar-refractivity contribution in [2.75, 3.05) is 19.0 Å². The molecule has 0 aliphatic heterocycles.